The van der Waals surface area contributed by atoms with Gasteiger partial charge in [-0.3, -0.25) is 0 Å². The highest BCUT2D eigenvalue weighted by atomic mass is 16.5. The molecule has 0 spiro atoms. The smallest absolute Gasteiger partial charge is 0.0474 e. The van der Waals surface area contributed by atoms with E-state index in [1.807, 2.05) is 0 Å². The molecule has 1 fully saturated rings. The second-order valence-electron chi connectivity index (χ2n) is 3.37. The van der Waals surface area contributed by atoms with Gasteiger partial charge in [-0.2, -0.15) is 0 Å². The van der Waals surface area contributed by atoms with Crippen LogP contribution < -0.4 is 0 Å². The van der Waals surface area contributed by atoms with Crippen LogP contribution in [-0.2, 0) is 4.74 Å². The van der Waals surface area contributed by atoms with Crippen molar-refractivity contribution < 1.29 is 4.74 Å². The summed E-state index contributed by atoms with van der Waals surface area (Å²) in [5.74, 6) is 0. The molecule has 0 amide bonds. The van der Waals surface area contributed by atoms with Gasteiger partial charge in [-0.1, -0.05) is 0 Å². The van der Waals surface area contributed by atoms with E-state index in [0.29, 0.717) is 0 Å². The molecule has 0 aromatic carbocycles. The minimum Gasteiger partial charge on any atom is -0.385 e. The minimum absolute atomic E-state index is 0.812. The lowest BCUT2D eigenvalue weighted by molar-refractivity contribution is 0.170. The van der Waals surface area contributed by atoms with Crippen LogP contribution in [0.15, 0.2) is 0 Å². The third-order valence-corrected chi connectivity index (χ3v) is 2.48. The molecule has 1 heterocycles. The molecular weight excluding hydrogens is 138 g/mol. The van der Waals surface area contributed by atoms with Crippen LogP contribution in [0.2, 0.25) is 0 Å². The molecule has 0 aromatic rings. The van der Waals surface area contributed by atoms with E-state index in [9.17, 15) is 0 Å². The fourth-order valence-corrected chi connectivity index (χ4v) is 1.74. The Morgan fingerprint density at radius 1 is 1.55 bits per heavy atom. The van der Waals surface area contributed by atoms with Gasteiger partial charge >= 0.3 is 0 Å². The maximum absolute atomic E-state index is 5.01. The van der Waals surface area contributed by atoms with Gasteiger partial charge in [0.05, 0.1) is 0 Å². The molecule has 66 valence electrons. The number of hydrogen-bond acceptors (Lipinski definition) is 2. The van der Waals surface area contributed by atoms with Crippen molar-refractivity contribution in [3.05, 3.63) is 0 Å². The Bertz CT molecular complexity index is 106. The fourth-order valence-electron chi connectivity index (χ4n) is 1.74. The topological polar surface area (TPSA) is 12.5 Å². The standard InChI is InChI=1S/C9H19NO/c1-9-5-3-6-10(9)7-4-8-11-2/h9H,3-8H2,1-2H3/t9-/m0/s1. The van der Waals surface area contributed by atoms with Crippen LogP contribution in [0.5, 0.6) is 0 Å². The summed E-state index contributed by atoms with van der Waals surface area (Å²) in [7, 11) is 1.77. The molecule has 0 saturated carbocycles. The first-order valence-electron chi connectivity index (χ1n) is 4.57. The Morgan fingerprint density at radius 3 is 2.91 bits per heavy atom. The molecular formula is C9H19NO. The van der Waals surface area contributed by atoms with Crippen LogP contribution in [0, 0.1) is 0 Å². The summed E-state index contributed by atoms with van der Waals surface area (Å²) in [5, 5.41) is 0. The predicted molar refractivity (Wildman–Crippen MR) is 46.8 cm³/mol. The zero-order valence-electron chi connectivity index (χ0n) is 7.68. The molecule has 1 rings (SSSR count). The average Bonchev–Trinajstić information content (AvgIpc) is 2.37. The molecule has 0 aromatic heterocycles. The number of methoxy groups -OCH3 is 1. The molecule has 11 heavy (non-hydrogen) atoms. The summed E-state index contributed by atoms with van der Waals surface area (Å²) < 4.78 is 5.01. The normalized spacial score (nSPS) is 26.2. The van der Waals surface area contributed by atoms with Crippen molar-refractivity contribution in [3.8, 4) is 0 Å². The van der Waals surface area contributed by atoms with Crippen LogP contribution in [0.1, 0.15) is 26.2 Å². The van der Waals surface area contributed by atoms with Gasteiger partial charge in [0.15, 0.2) is 0 Å². The number of likely N-dealkylation sites (tertiary alicyclic amines) is 1. The second-order valence-corrected chi connectivity index (χ2v) is 3.37. The highest BCUT2D eigenvalue weighted by molar-refractivity contribution is 4.74. The maximum Gasteiger partial charge on any atom is 0.0474 e. The van der Waals surface area contributed by atoms with E-state index in [1.165, 1.54) is 32.4 Å². The summed E-state index contributed by atoms with van der Waals surface area (Å²) in [6.45, 7) is 5.74. The van der Waals surface area contributed by atoms with Crippen molar-refractivity contribution in [3.63, 3.8) is 0 Å². The Labute approximate surface area is 69.5 Å². The first-order chi connectivity index (χ1) is 5.34. The molecule has 0 unspecified atom stereocenters. The molecule has 1 saturated heterocycles. The summed E-state index contributed by atoms with van der Waals surface area (Å²) >= 11 is 0. The average molecular weight is 157 g/mol. The second kappa shape index (κ2) is 4.73. The van der Waals surface area contributed by atoms with Gasteiger partial charge in [-0.05, 0) is 32.7 Å². The highest BCUT2D eigenvalue weighted by Crippen LogP contribution is 2.15. The Hall–Kier alpha value is -0.0800. The van der Waals surface area contributed by atoms with Crippen LogP contribution >= 0.6 is 0 Å². The van der Waals surface area contributed by atoms with Gasteiger partial charge in [0, 0.05) is 26.3 Å². The molecule has 2 heteroatoms. The zero-order chi connectivity index (χ0) is 8.10. The van der Waals surface area contributed by atoms with E-state index in [1.54, 1.807) is 7.11 Å². The zero-order valence-corrected chi connectivity index (χ0v) is 7.68. The van der Waals surface area contributed by atoms with Crippen LogP contribution in [-0.4, -0.2) is 37.7 Å². The summed E-state index contributed by atoms with van der Waals surface area (Å²) in [6.07, 6.45) is 3.95. The van der Waals surface area contributed by atoms with Crippen molar-refractivity contribution in [2.45, 2.75) is 32.2 Å². The van der Waals surface area contributed by atoms with E-state index in [0.717, 1.165) is 12.6 Å². The molecule has 1 atom stereocenters. The minimum atomic E-state index is 0.812. The quantitative estimate of drug-likeness (QED) is 0.573. The van der Waals surface area contributed by atoms with E-state index >= 15 is 0 Å². The maximum atomic E-state index is 5.01. The van der Waals surface area contributed by atoms with Crippen LogP contribution in [0.25, 0.3) is 0 Å². The summed E-state index contributed by atoms with van der Waals surface area (Å²) in [5.41, 5.74) is 0. The van der Waals surface area contributed by atoms with Crippen LogP contribution in [0.4, 0.5) is 0 Å². The number of hydrogen-bond donors (Lipinski definition) is 0. The number of nitrogens with zero attached hydrogens (tertiary/aromatic N) is 1. The largest absolute Gasteiger partial charge is 0.385 e. The van der Waals surface area contributed by atoms with Gasteiger partial charge in [0.25, 0.3) is 0 Å². The van der Waals surface area contributed by atoms with Crippen LogP contribution in [0.3, 0.4) is 0 Å². The van der Waals surface area contributed by atoms with Gasteiger partial charge in [-0.15, -0.1) is 0 Å². The fraction of sp³-hybridized carbons (Fsp3) is 1.00. The molecule has 0 bridgehead atoms. The number of ether oxygens (including phenoxy) is 1. The van der Waals surface area contributed by atoms with E-state index < -0.39 is 0 Å². The van der Waals surface area contributed by atoms with Crippen molar-refractivity contribution in [2.24, 2.45) is 0 Å². The predicted octanol–water partition coefficient (Wildman–Crippen LogP) is 1.51. The SMILES string of the molecule is COCCCN1CCC[C@@H]1C. The molecule has 0 aliphatic carbocycles. The van der Waals surface area contributed by atoms with E-state index in [4.69, 9.17) is 4.74 Å². The number of rotatable bonds is 4. The first kappa shape index (κ1) is 9.01. The molecule has 2 nitrogen and oxygen atoms in total. The van der Waals surface area contributed by atoms with E-state index in [2.05, 4.69) is 11.8 Å². The molecule has 1 aliphatic rings. The van der Waals surface area contributed by atoms with Gasteiger partial charge in [-0.25, -0.2) is 0 Å². The Kier molecular flexibility index (Phi) is 3.87. The molecule has 0 N–H and O–H groups in total. The highest BCUT2D eigenvalue weighted by Gasteiger charge is 2.18. The summed E-state index contributed by atoms with van der Waals surface area (Å²) in [4.78, 5) is 2.55. The van der Waals surface area contributed by atoms with Gasteiger partial charge in [0.2, 0.25) is 0 Å². The third kappa shape index (κ3) is 2.80. The van der Waals surface area contributed by atoms with Gasteiger partial charge in [0.1, 0.15) is 0 Å². The Morgan fingerprint density at radius 2 is 2.36 bits per heavy atom. The van der Waals surface area contributed by atoms with Crippen molar-refractivity contribution in [1.82, 2.24) is 4.90 Å². The van der Waals surface area contributed by atoms with Crippen molar-refractivity contribution >= 4 is 0 Å². The lowest BCUT2D eigenvalue weighted by Crippen LogP contribution is -2.28. The first-order valence-corrected chi connectivity index (χ1v) is 4.57. The Balaban J connectivity index is 2.05. The lowest BCUT2D eigenvalue weighted by atomic mass is 10.2. The van der Waals surface area contributed by atoms with Crippen molar-refractivity contribution in [2.75, 3.05) is 26.8 Å². The van der Waals surface area contributed by atoms with Crippen molar-refractivity contribution in [1.29, 1.82) is 0 Å². The lowest BCUT2D eigenvalue weighted by Gasteiger charge is -2.20. The summed E-state index contributed by atoms with van der Waals surface area (Å²) in [6, 6.07) is 0.812. The van der Waals surface area contributed by atoms with Gasteiger partial charge < -0.3 is 9.64 Å². The third-order valence-electron chi connectivity index (χ3n) is 2.48. The molecule has 1 aliphatic heterocycles. The van der Waals surface area contributed by atoms with E-state index in [-0.39, 0.29) is 0 Å². The molecule has 0 radical (unpaired) electrons. The monoisotopic (exact) mass is 157 g/mol.